The summed E-state index contributed by atoms with van der Waals surface area (Å²) in [6.07, 6.45) is 0. The Morgan fingerprint density at radius 3 is 2.50 bits per heavy atom. The van der Waals surface area contributed by atoms with Crippen LogP contribution in [0.2, 0.25) is 0 Å². The first-order valence-corrected chi connectivity index (χ1v) is 6.08. The van der Waals surface area contributed by atoms with Gasteiger partial charge in [-0.05, 0) is 42.3 Å². The number of phenols is 1. The number of fused-ring (bicyclic) bond motifs is 1. The van der Waals surface area contributed by atoms with E-state index < -0.39 is 11.4 Å². The van der Waals surface area contributed by atoms with Gasteiger partial charge < -0.3 is 9.52 Å². The van der Waals surface area contributed by atoms with E-state index in [9.17, 15) is 14.3 Å². The fraction of sp³-hybridized carbons (Fsp3) is 0.0625. The van der Waals surface area contributed by atoms with Gasteiger partial charge in [-0.1, -0.05) is 12.1 Å². The maximum atomic E-state index is 13.2. The third-order valence-electron chi connectivity index (χ3n) is 3.29. The van der Waals surface area contributed by atoms with Gasteiger partial charge >= 0.3 is 5.63 Å². The van der Waals surface area contributed by atoms with Crippen LogP contribution >= 0.6 is 0 Å². The molecule has 0 bridgehead atoms. The number of hydrogen-bond acceptors (Lipinski definition) is 3. The SMILES string of the molecule is Cc1c(-c2ccc(O)cc2)c(=O)oc2cc(F)ccc12. The van der Waals surface area contributed by atoms with E-state index in [4.69, 9.17) is 4.42 Å². The molecule has 0 aliphatic rings. The van der Waals surface area contributed by atoms with Gasteiger partial charge in [0, 0.05) is 11.5 Å². The van der Waals surface area contributed by atoms with Crippen molar-refractivity contribution in [3.05, 3.63) is 64.3 Å². The monoisotopic (exact) mass is 270 g/mol. The van der Waals surface area contributed by atoms with Crippen LogP contribution in [0, 0.1) is 12.7 Å². The zero-order valence-corrected chi connectivity index (χ0v) is 10.7. The van der Waals surface area contributed by atoms with E-state index in [-0.39, 0.29) is 11.3 Å². The van der Waals surface area contributed by atoms with Crippen molar-refractivity contribution in [2.45, 2.75) is 6.92 Å². The Morgan fingerprint density at radius 1 is 1.10 bits per heavy atom. The van der Waals surface area contributed by atoms with Crippen LogP contribution < -0.4 is 5.63 Å². The van der Waals surface area contributed by atoms with Crippen LogP contribution in [0.4, 0.5) is 4.39 Å². The number of aryl methyl sites for hydroxylation is 1. The van der Waals surface area contributed by atoms with E-state index >= 15 is 0 Å². The minimum absolute atomic E-state index is 0.124. The van der Waals surface area contributed by atoms with Crippen LogP contribution in [-0.4, -0.2) is 5.11 Å². The molecule has 3 nitrogen and oxygen atoms in total. The second-order valence-electron chi connectivity index (χ2n) is 4.58. The molecule has 0 atom stereocenters. The average Bonchev–Trinajstić information content (AvgIpc) is 2.40. The van der Waals surface area contributed by atoms with Crippen molar-refractivity contribution in [3.8, 4) is 16.9 Å². The Kier molecular flexibility index (Phi) is 2.79. The lowest BCUT2D eigenvalue weighted by atomic mass is 9.99. The highest BCUT2D eigenvalue weighted by molar-refractivity contribution is 5.86. The standard InChI is InChI=1S/C16H11FO3/c1-9-13-7-4-11(17)8-14(13)20-16(19)15(9)10-2-5-12(18)6-3-10/h2-8,18H,1H3. The first-order valence-electron chi connectivity index (χ1n) is 6.08. The summed E-state index contributed by atoms with van der Waals surface area (Å²) in [5.41, 5.74) is 1.51. The maximum absolute atomic E-state index is 13.2. The predicted molar refractivity (Wildman–Crippen MR) is 74.3 cm³/mol. The van der Waals surface area contributed by atoms with Crippen molar-refractivity contribution in [2.75, 3.05) is 0 Å². The third kappa shape index (κ3) is 1.95. The maximum Gasteiger partial charge on any atom is 0.344 e. The molecule has 2 aromatic carbocycles. The summed E-state index contributed by atoms with van der Waals surface area (Å²) in [7, 11) is 0. The topological polar surface area (TPSA) is 50.4 Å². The Labute approximate surface area is 113 Å². The second kappa shape index (κ2) is 4.49. The number of rotatable bonds is 1. The molecular formula is C16H11FO3. The molecule has 0 spiro atoms. The number of halogens is 1. The van der Waals surface area contributed by atoms with Gasteiger partial charge in [0.15, 0.2) is 0 Å². The Bertz CT molecular complexity index is 848. The van der Waals surface area contributed by atoms with Crippen LogP contribution in [0.1, 0.15) is 5.56 Å². The first-order chi connectivity index (χ1) is 9.56. The van der Waals surface area contributed by atoms with Gasteiger partial charge in [-0.15, -0.1) is 0 Å². The van der Waals surface area contributed by atoms with Crippen LogP contribution in [-0.2, 0) is 0 Å². The largest absolute Gasteiger partial charge is 0.508 e. The number of hydrogen-bond donors (Lipinski definition) is 1. The summed E-state index contributed by atoms with van der Waals surface area (Å²) in [6.45, 7) is 1.79. The number of aromatic hydroxyl groups is 1. The molecule has 1 N–H and O–H groups in total. The Balaban J connectivity index is 2.34. The van der Waals surface area contributed by atoms with E-state index in [0.717, 1.165) is 5.56 Å². The summed E-state index contributed by atoms with van der Waals surface area (Å²) in [4.78, 5) is 12.1. The lowest BCUT2D eigenvalue weighted by molar-refractivity contribution is 0.475. The molecule has 0 saturated heterocycles. The van der Waals surface area contributed by atoms with Gasteiger partial charge in [0.05, 0.1) is 5.56 Å². The van der Waals surface area contributed by atoms with Crippen LogP contribution in [0.3, 0.4) is 0 Å². The second-order valence-corrected chi connectivity index (χ2v) is 4.58. The lowest BCUT2D eigenvalue weighted by Gasteiger charge is -2.08. The summed E-state index contributed by atoms with van der Waals surface area (Å²) in [5.74, 6) is -0.323. The molecule has 1 heterocycles. The molecule has 3 aromatic rings. The Hall–Kier alpha value is -2.62. The summed E-state index contributed by atoms with van der Waals surface area (Å²) >= 11 is 0. The van der Waals surface area contributed by atoms with E-state index in [2.05, 4.69) is 0 Å². The molecule has 4 heteroatoms. The first kappa shape index (κ1) is 12.4. The molecule has 0 saturated carbocycles. The van der Waals surface area contributed by atoms with E-state index in [1.165, 1.54) is 24.3 Å². The predicted octanol–water partition coefficient (Wildman–Crippen LogP) is 3.61. The zero-order valence-electron chi connectivity index (χ0n) is 10.7. The van der Waals surface area contributed by atoms with E-state index in [0.29, 0.717) is 16.5 Å². The molecule has 20 heavy (non-hydrogen) atoms. The fourth-order valence-electron chi connectivity index (χ4n) is 2.29. The zero-order chi connectivity index (χ0) is 14.3. The van der Waals surface area contributed by atoms with Crippen molar-refractivity contribution in [3.63, 3.8) is 0 Å². The summed E-state index contributed by atoms with van der Waals surface area (Å²) in [6, 6.07) is 10.4. The van der Waals surface area contributed by atoms with Crippen LogP contribution in [0.15, 0.2) is 51.7 Å². The number of benzene rings is 2. The average molecular weight is 270 g/mol. The van der Waals surface area contributed by atoms with Crippen molar-refractivity contribution in [2.24, 2.45) is 0 Å². The van der Waals surface area contributed by atoms with Crippen LogP contribution in [0.25, 0.3) is 22.1 Å². The van der Waals surface area contributed by atoms with Crippen molar-refractivity contribution in [1.82, 2.24) is 0 Å². The molecule has 0 unspecified atom stereocenters. The highest BCUT2D eigenvalue weighted by Crippen LogP contribution is 2.27. The van der Waals surface area contributed by atoms with Crippen LogP contribution in [0.5, 0.6) is 5.75 Å². The quantitative estimate of drug-likeness (QED) is 0.687. The van der Waals surface area contributed by atoms with Crippen molar-refractivity contribution < 1.29 is 13.9 Å². The Morgan fingerprint density at radius 2 is 1.80 bits per heavy atom. The number of phenolic OH excluding ortho intramolecular Hbond substituents is 1. The highest BCUT2D eigenvalue weighted by atomic mass is 19.1. The molecular weight excluding hydrogens is 259 g/mol. The molecule has 3 rings (SSSR count). The molecule has 0 amide bonds. The third-order valence-corrected chi connectivity index (χ3v) is 3.29. The van der Waals surface area contributed by atoms with Crippen molar-refractivity contribution >= 4 is 11.0 Å². The minimum Gasteiger partial charge on any atom is -0.508 e. The molecule has 1 aromatic heterocycles. The smallest absolute Gasteiger partial charge is 0.344 e. The van der Waals surface area contributed by atoms with E-state index in [1.54, 1.807) is 25.1 Å². The van der Waals surface area contributed by atoms with Gasteiger partial charge in [0.1, 0.15) is 17.1 Å². The molecule has 0 aliphatic carbocycles. The summed E-state index contributed by atoms with van der Waals surface area (Å²) < 4.78 is 18.4. The van der Waals surface area contributed by atoms with Gasteiger partial charge in [-0.2, -0.15) is 0 Å². The van der Waals surface area contributed by atoms with Gasteiger partial charge in [-0.25, -0.2) is 9.18 Å². The van der Waals surface area contributed by atoms with Crippen molar-refractivity contribution in [1.29, 1.82) is 0 Å². The molecule has 0 fully saturated rings. The normalized spacial score (nSPS) is 10.9. The van der Waals surface area contributed by atoms with E-state index in [1.807, 2.05) is 0 Å². The molecule has 100 valence electrons. The molecule has 0 aliphatic heterocycles. The lowest BCUT2D eigenvalue weighted by Crippen LogP contribution is -2.06. The highest BCUT2D eigenvalue weighted by Gasteiger charge is 2.13. The fourth-order valence-corrected chi connectivity index (χ4v) is 2.29. The van der Waals surface area contributed by atoms with Gasteiger partial charge in [0.2, 0.25) is 0 Å². The van der Waals surface area contributed by atoms with Gasteiger partial charge in [-0.3, -0.25) is 0 Å². The molecule has 0 radical (unpaired) electrons. The van der Waals surface area contributed by atoms with Gasteiger partial charge in [0.25, 0.3) is 0 Å². The summed E-state index contributed by atoms with van der Waals surface area (Å²) in [5, 5.41) is 9.99. The minimum atomic E-state index is -0.522.